The smallest absolute Gasteiger partial charge is 0.0218 e. The first-order valence-corrected chi connectivity index (χ1v) is 7.75. The molecule has 0 aromatic heterocycles. The Morgan fingerprint density at radius 1 is 1.00 bits per heavy atom. The topological polar surface area (TPSA) is 15.3 Å². The molecule has 1 saturated heterocycles. The summed E-state index contributed by atoms with van der Waals surface area (Å²) in [5, 5.41) is 3.72. The van der Waals surface area contributed by atoms with Gasteiger partial charge in [-0.15, -0.1) is 0 Å². The standard InChI is InChI=1S/C15H30N2/c1-13(2)15-12-17(11-7-10-16-15)14-8-5-3-4-6-9-14/h13-16H,3-12H2,1-2H3. The molecule has 1 unspecified atom stereocenters. The second-order valence-electron chi connectivity index (χ2n) is 6.30. The van der Waals surface area contributed by atoms with Gasteiger partial charge in [0.1, 0.15) is 0 Å². The van der Waals surface area contributed by atoms with Gasteiger partial charge in [-0.25, -0.2) is 0 Å². The molecule has 1 N–H and O–H groups in total. The zero-order chi connectivity index (χ0) is 12.1. The van der Waals surface area contributed by atoms with E-state index in [2.05, 4.69) is 24.1 Å². The van der Waals surface area contributed by atoms with E-state index >= 15 is 0 Å². The maximum absolute atomic E-state index is 3.72. The molecule has 2 heteroatoms. The first-order valence-electron chi connectivity index (χ1n) is 7.75. The first-order chi connectivity index (χ1) is 8.27. The van der Waals surface area contributed by atoms with E-state index in [1.807, 2.05) is 0 Å². The molecule has 2 rings (SSSR count). The van der Waals surface area contributed by atoms with E-state index in [0.717, 1.165) is 12.0 Å². The second-order valence-corrected chi connectivity index (χ2v) is 6.30. The van der Waals surface area contributed by atoms with Crippen LogP contribution in [0, 0.1) is 5.92 Å². The monoisotopic (exact) mass is 238 g/mol. The molecule has 0 aromatic carbocycles. The minimum Gasteiger partial charge on any atom is -0.312 e. The molecule has 1 heterocycles. The van der Waals surface area contributed by atoms with Gasteiger partial charge in [0.2, 0.25) is 0 Å². The summed E-state index contributed by atoms with van der Waals surface area (Å²) >= 11 is 0. The van der Waals surface area contributed by atoms with Gasteiger partial charge in [-0.2, -0.15) is 0 Å². The number of nitrogens with one attached hydrogen (secondary N) is 1. The molecule has 2 nitrogen and oxygen atoms in total. The fourth-order valence-corrected chi connectivity index (χ4v) is 3.38. The van der Waals surface area contributed by atoms with Gasteiger partial charge in [0.25, 0.3) is 0 Å². The summed E-state index contributed by atoms with van der Waals surface area (Å²) in [7, 11) is 0. The van der Waals surface area contributed by atoms with E-state index in [1.54, 1.807) is 0 Å². The lowest BCUT2D eigenvalue weighted by Gasteiger charge is -2.33. The van der Waals surface area contributed by atoms with Gasteiger partial charge < -0.3 is 5.32 Å². The predicted molar refractivity (Wildman–Crippen MR) is 74.3 cm³/mol. The van der Waals surface area contributed by atoms with Gasteiger partial charge in [0, 0.05) is 18.6 Å². The van der Waals surface area contributed by atoms with Crippen LogP contribution >= 0.6 is 0 Å². The van der Waals surface area contributed by atoms with Gasteiger partial charge in [0.15, 0.2) is 0 Å². The van der Waals surface area contributed by atoms with Crippen molar-refractivity contribution in [1.29, 1.82) is 0 Å². The second kappa shape index (κ2) is 6.75. The van der Waals surface area contributed by atoms with Crippen molar-refractivity contribution in [3.05, 3.63) is 0 Å². The van der Waals surface area contributed by atoms with Crippen molar-refractivity contribution in [2.75, 3.05) is 19.6 Å². The van der Waals surface area contributed by atoms with Crippen molar-refractivity contribution in [3.8, 4) is 0 Å². The highest BCUT2D eigenvalue weighted by atomic mass is 15.2. The predicted octanol–water partition coefficient (Wildman–Crippen LogP) is 3.03. The SMILES string of the molecule is CC(C)C1CN(C2CCCCCC2)CCCN1. The quantitative estimate of drug-likeness (QED) is 0.744. The molecule has 0 spiro atoms. The molecule has 17 heavy (non-hydrogen) atoms. The number of nitrogens with zero attached hydrogens (tertiary/aromatic N) is 1. The average Bonchev–Trinajstić information content (AvgIpc) is 2.71. The summed E-state index contributed by atoms with van der Waals surface area (Å²) in [6, 6.07) is 1.60. The zero-order valence-corrected chi connectivity index (χ0v) is 11.8. The third-order valence-electron chi connectivity index (χ3n) is 4.61. The van der Waals surface area contributed by atoms with Gasteiger partial charge in [-0.3, -0.25) is 4.90 Å². The Morgan fingerprint density at radius 3 is 2.35 bits per heavy atom. The maximum Gasteiger partial charge on any atom is 0.0218 e. The number of hydrogen-bond donors (Lipinski definition) is 1. The van der Waals surface area contributed by atoms with Gasteiger partial charge in [0.05, 0.1) is 0 Å². The van der Waals surface area contributed by atoms with Crippen LogP contribution in [0.3, 0.4) is 0 Å². The Kier molecular flexibility index (Phi) is 5.30. The molecule has 1 aliphatic carbocycles. The van der Waals surface area contributed by atoms with Crippen LogP contribution in [0.15, 0.2) is 0 Å². The lowest BCUT2D eigenvalue weighted by atomic mass is 10.0. The molecular formula is C15H30N2. The van der Waals surface area contributed by atoms with Gasteiger partial charge in [-0.05, 0) is 38.3 Å². The molecular weight excluding hydrogens is 208 g/mol. The van der Waals surface area contributed by atoms with Crippen LogP contribution in [-0.4, -0.2) is 36.6 Å². The van der Waals surface area contributed by atoms with Crippen molar-refractivity contribution in [3.63, 3.8) is 0 Å². The van der Waals surface area contributed by atoms with Crippen LogP contribution in [0.25, 0.3) is 0 Å². The maximum atomic E-state index is 3.72. The summed E-state index contributed by atoms with van der Waals surface area (Å²) < 4.78 is 0. The summed E-state index contributed by atoms with van der Waals surface area (Å²) in [5.41, 5.74) is 0. The normalized spacial score (nSPS) is 30.2. The van der Waals surface area contributed by atoms with E-state index in [0.29, 0.717) is 6.04 Å². The van der Waals surface area contributed by atoms with Crippen LogP contribution in [-0.2, 0) is 0 Å². The summed E-state index contributed by atoms with van der Waals surface area (Å²) in [4.78, 5) is 2.80. The van der Waals surface area contributed by atoms with E-state index < -0.39 is 0 Å². The van der Waals surface area contributed by atoms with Gasteiger partial charge in [-0.1, -0.05) is 39.5 Å². The third kappa shape index (κ3) is 3.96. The Morgan fingerprint density at radius 2 is 1.71 bits per heavy atom. The van der Waals surface area contributed by atoms with E-state index in [-0.39, 0.29) is 0 Å². The van der Waals surface area contributed by atoms with Crippen molar-refractivity contribution in [2.45, 2.75) is 70.9 Å². The number of hydrogen-bond acceptors (Lipinski definition) is 2. The van der Waals surface area contributed by atoms with Gasteiger partial charge >= 0.3 is 0 Å². The van der Waals surface area contributed by atoms with E-state index in [1.165, 1.54) is 64.6 Å². The molecule has 100 valence electrons. The molecule has 1 atom stereocenters. The van der Waals surface area contributed by atoms with Crippen LogP contribution < -0.4 is 5.32 Å². The molecule has 0 amide bonds. The third-order valence-corrected chi connectivity index (χ3v) is 4.61. The van der Waals surface area contributed by atoms with Crippen molar-refractivity contribution in [2.24, 2.45) is 5.92 Å². The highest BCUT2D eigenvalue weighted by molar-refractivity contribution is 4.83. The summed E-state index contributed by atoms with van der Waals surface area (Å²) in [6.07, 6.45) is 10.1. The fourth-order valence-electron chi connectivity index (χ4n) is 3.38. The average molecular weight is 238 g/mol. The first kappa shape index (κ1) is 13.4. The lowest BCUT2D eigenvalue weighted by molar-refractivity contribution is 0.165. The minimum atomic E-state index is 0.709. The highest BCUT2D eigenvalue weighted by Crippen LogP contribution is 2.23. The Balaban J connectivity index is 1.92. The summed E-state index contributed by atoms with van der Waals surface area (Å²) in [5.74, 6) is 0.765. The lowest BCUT2D eigenvalue weighted by Crippen LogP contribution is -2.45. The molecule has 1 saturated carbocycles. The molecule has 0 bridgehead atoms. The van der Waals surface area contributed by atoms with Crippen LogP contribution in [0.2, 0.25) is 0 Å². The summed E-state index contributed by atoms with van der Waals surface area (Å²) in [6.45, 7) is 8.53. The Labute approximate surface area is 107 Å². The zero-order valence-electron chi connectivity index (χ0n) is 11.8. The Bertz CT molecular complexity index is 207. The number of rotatable bonds is 2. The largest absolute Gasteiger partial charge is 0.312 e. The molecule has 0 radical (unpaired) electrons. The van der Waals surface area contributed by atoms with E-state index in [4.69, 9.17) is 0 Å². The van der Waals surface area contributed by atoms with Crippen LogP contribution in [0.1, 0.15) is 58.8 Å². The van der Waals surface area contributed by atoms with Crippen molar-refractivity contribution < 1.29 is 0 Å². The molecule has 2 aliphatic rings. The van der Waals surface area contributed by atoms with Crippen LogP contribution in [0.5, 0.6) is 0 Å². The van der Waals surface area contributed by atoms with E-state index in [9.17, 15) is 0 Å². The fraction of sp³-hybridized carbons (Fsp3) is 1.00. The highest BCUT2D eigenvalue weighted by Gasteiger charge is 2.25. The minimum absolute atomic E-state index is 0.709. The molecule has 1 aliphatic heterocycles. The molecule has 2 fully saturated rings. The van der Waals surface area contributed by atoms with Crippen molar-refractivity contribution in [1.82, 2.24) is 10.2 Å². The Hall–Kier alpha value is -0.0800. The van der Waals surface area contributed by atoms with Crippen LogP contribution in [0.4, 0.5) is 0 Å². The molecule has 0 aromatic rings. The van der Waals surface area contributed by atoms with Crippen molar-refractivity contribution >= 4 is 0 Å².